The molecule has 0 saturated heterocycles. The Bertz CT molecular complexity index is 418. The number of rotatable bonds is 4. The Kier molecular flexibility index (Phi) is 4.10. The van der Waals surface area contributed by atoms with Gasteiger partial charge in [0, 0.05) is 11.6 Å². The fraction of sp³-hybridized carbons (Fsp3) is 0.714. The molecule has 18 heavy (non-hydrogen) atoms. The Labute approximate surface area is 114 Å². The van der Waals surface area contributed by atoms with Gasteiger partial charge in [-0.2, -0.15) is 0 Å². The van der Waals surface area contributed by atoms with Crippen molar-refractivity contribution in [3.63, 3.8) is 0 Å². The summed E-state index contributed by atoms with van der Waals surface area (Å²) < 4.78 is 0. The van der Waals surface area contributed by atoms with Crippen LogP contribution in [0.3, 0.4) is 0 Å². The number of nitrogens with one attached hydrogen (secondary N) is 1. The van der Waals surface area contributed by atoms with Crippen molar-refractivity contribution < 1.29 is 0 Å². The minimum atomic E-state index is 0.334. The summed E-state index contributed by atoms with van der Waals surface area (Å²) in [6.45, 7) is 6.78. The molecule has 1 unspecified atom stereocenters. The van der Waals surface area contributed by atoms with Crippen LogP contribution in [-0.2, 0) is 6.42 Å². The van der Waals surface area contributed by atoms with Gasteiger partial charge in [0.05, 0.1) is 0 Å². The molecule has 1 aliphatic rings. The Morgan fingerprint density at radius 1 is 1.44 bits per heavy atom. The van der Waals surface area contributed by atoms with Crippen LogP contribution < -0.4 is 5.32 Å². The summed E-state index contributed by atoms with van der Waals surface area (Å²) in [6, 6.07) is 0.485. The summed E-state index contributed by atoms with van der Waals surface area (Å²) in [4.78, 5) is 8.46. The smallest absolute Gasteiger partial charge is 0.137 e. The van der Waals surface area contributed by atoms with Crippen molar-refractivity contribution in [2.45, 2.75) is 58.9 Å². The third-order valence-corrected chi connectivity index (χ3v) is 4.29. The molecule has 0 aromatic carbocycles. The van der Waals surface area contributed by atoms with Gasteiger partial charge in [-0.05, 0) is 24.7 Å². The zero-order valence-corrected chi connectivity index (χ0v) is 12.2. The molecule has 1 N–H and O–H groups in total. The van der Waals surface area contributed by atoms with Crippen molar-refractivity contribution in [3.8, 4) is 0 Å². The highest BCUT2D eigenvalue weighted by atomic mass is 35.5. The quantitative estimate of drug-likeness (QED) is 0.836. The largest absolute Gasteiger partial charge is 0.366 e. The van der Waals surface area contributed by atoms with Gasteiger partial charge in [0.25, 0.3) is 0 Å². The van der Waals surface area contributed by atoms with E-state index in [0.717, 1.165) is 24.2 Å². The van der Waals surface area contributed by atoms with E-state index < -0.39 is 0 Å². The van der Waals surface area contributed by atoms with Crippen molar-refractivity contribution in [1.29, 1.82) is 0 Å². The SMILES string of the molecule is CCCc1c(Cl)ncnc1NC1CCCC1(C)C. The third kappa shape index (κ3) is 2.77. The van der Waals surface area contributed by atoms with Gasteiger partial charge in [0.2, 0.25) is 0 Å². The van der Waals surface area contributed by atoms with E-state index in [1.165, 1.54) is 19.3 Å². The molecule has 0 bridgehead atoms. The van der Waals surface area contributed by atoms with Crippen molar-refractivity contribution in [1.82, 2.24) is 9.97 Å². The average molecular weight is 268 g/mol. The first-order valence-corrected chi connectivity index (χ1v) is 7.18. The van der Waals surface area contributed by atoms with Gasteiger partial charge in [-0.15, -0.1) is 0 Å². The molecule has 0 radical (unpaired) electrons. The van der Waals surface area contributed by atoms with E-state index in [0.29, 0.717) is 16.6 Å². The van der Waals surface area contributed by atoms with E-state index in [4.69, 9.17) is 11.6 Å². The van der Waals surface area contributed by atoms with Crippen LogP contribution in [0.2, 0.25) is 5.15 Å². The predicted octanol–water partition coefficient (Wildman–Crippen LogP) is 4.07. The number of halogens is 1. The van der Waals surface area contributed by atoms with Crippen LogP contribution in [0.25, 0.3) is 0 Å². The van der Waals surface area contributed by atoms with E-state index in [2.05, 4.69) is 36.1 Å². The Morgan fingerprint density at radius 3 is 2.83 bits per heavy atom. The van der Waals surface area contributed by atoms with Crippen LogP contribution in [0.4, 0.5) is 5.82 Å². The first kappa shape index (κ1) is 13.6. The van der Waals surface area contributed by atoms with Gasteiger partial charge in [0.1, 0.15) is 17.3 Å². The lowest BCUT2D eigenvalue weighted by atomic mass is 9.87. The molecular weight excluding hydrogens is 246 g/mol. The van der Waals surface area contributed by atoms with Crippen LogP contribution in [0.1, 0.15) is 52.0 Å². The third-order valence-electron chi connectivity index (χ3n) is 3.96. The van der Waals surface area contributed by atoms with Crippen molar-refractivity contribution in [3.05, 3.63) is 17.0 Å². The molecular formula is C14H22ClN3. The maximum absolute atomic E-state index is 6.17. The Hall–Kier alpha value is -0.830. The van der Waals surface area contributed by atoms with Gasteiger partial charge in [-0.1, -0.05) is 45.2 Å². The summed E-state index contributed by atoms with van der Waals surface area (Å²) in [6.07, 6.45) is 7.29. The van der Waals surface area contributed by atoms with Gasteiger partial charge in [-0.25, -0.2) is 9.97 Å². The Morgan fingerprint density at radius 2 is 2.22 bits per heavy atom. The highest BCUT2D eigenvalue weighted by Gasteiger charge is 2.34. The zero-order chi connectivity index (χ0) is 13.2. The molecule has 1 aliphatic carbocycles. The molecule has 2 rings (SSSR count). The Balaban J connectivity index is 2.21. The van der Waals surface area contributed by atoms with Gasteiger partial charge < -0.3 is 5.32 Å². The first-order chi connectivity index (χ1) is 8.54. The fourth-order valence-corrected chi connectivity index (χ4v) is 2.97. The standard InChI is InChI=1S/C14H22ClN3/c1-4-6-10-12(15)16-9-17-13(10)18-11-7-5-8-14(11,2)3/h9,11H,4-8H2,1-3H3,(H,16,17,18). The van der Waals surface area contributed by atoms with Crippen molar-refractivity contribution in [2.24, 2.45) is 5.41 Å². The van der Waals surface area contributed by atoms with E-state index in [-0.39, 0.29) is 0 Å². The number of anilines is 1. The summed E-state index contributed by atoms with van der Waals surface area (Å²) in [5.41, 5.74) is 1.39. The molecule has 0 aliphatic heterocycles. The molecule has 4 heteroatoms. The zero-order valence-electron chi connectivity index (χ0n) is 11.5. The summed E-state index contributed by atoms with van der Waals surface area (Å²) in [7, 11) is 0. The van der Waals surface area contributed by atoms with E-state index in [9.17, 15) is 0 Å². The topological polar surface area (TPSA) is 37.8 Å². The van der Waals surface area contributed by atoms with Crippen LogP contribution in [0.5, 0.6) is 0 Å². The summed E-state index contributed by atoms with van der Waals surface area (Å²) in [5.74, 6) is 0.928. The van der Waals surface area contributed by atoms with E-state index in [1.54, 1.807) is 6.33 Å². The molecule has 1 heterocycles. The molecule has 0 amide bonds. The maximum Gasteiger partial charge on any atom is 0.137 e. The number of hydrogen-bond acceptors (Lipinski definition) is 3. The molecule has 1 fully saturated rings. The fourth-order valence-electron chi connectivity index (χ4n) is 2.75. The van der Waals surface area contributed by atoms with Gasteiger partial charge in [-0.3, -0.25) is 0 Å². The van der Waals surface area contributed by atoms with Gasteiger partial charge >= 0.3 is 0 Å². The number of aromatic nitrogens is 2. The van der Waals surface area contributed by atoms with E-state index in [1.807, 2.05) is 0 Å². The second-order valence-electron chi connectivity index (χ2n) is 5.82. The lowest BCUT2D eigenvalue weighted by Crippen LogP contribution is -2.31. The monoisotopic (exact) mass is 267 g/mol. The van der Waals surface area contributed by atoms with Gasteiger partial charge in [0.15, 0.2) is 0 Å². The molecule has 1 atom stereocenters. The highest BCUT2D eigenvalue weighted by Crippen LogP contribution is 2.39. The molecule has 1 aromatic heterocycles. The molecule has 1 saturated carbocycles. The molecule has 1 aromatic rings. The normalized spacial score (nSPS) is 22.1. The van der Waals surface area contributed by atoms with Crippen LogP contribution in [0.15, 0.2) is 6.33 Å². The van der Waals surface area contributed by atoms with Crippen molar-refractivity contribution >= 4 is 17.4 Å². The number of hydrogen-bond donors (Lipinski definition) is 1. The number of nitrogens with zero attached hydrogens (tertiary/aromatic N) is 2. The average Bonchev–Trinajstić information content (AvgIpc) is 2.63. The van der Waals surface area contributed by atoms with Crippen LogP contribution in [-0.4, -0.2) is 16.0 Å². The van der Waals surface area contributed by atoms with Crippen LogP contribution >= 0.6 is 11.6 Å². The van der Waals surface area contributed by atoms with E-state index >= 15 is 0 Å². The second kappa shape index (κ2) is 5.43. The van der Waals surface area contributed by atoms with Crippen LogP contribution in [0, 0.1) is 5.41 Å². The highest BCUT2D eigenvalue weighted by molar-refractivity contribution is 6.30. The lowest BCUT2D eigenvalue weighted by molar-refractivity contribution is 0.349. The maximum atomic E-state index is 6.17. The molecule has 100 valence electrons. The summed E-state index contributed by atoms with van der Waals surface area (Å²) in [5, 5.41) is 4.18. The summed E-state index contributed by atoms with van der Waals surface area (Å²) >= 11 is 6.17. The minimum absolute atomic E-state index is 0.334. The molecule has 0 spiro atoms. The molecule has 3 nitrogen and oxygen atoms in total. The minimum Gasteiger partial charge on any atom is -0.366 e. The first-order valence-electron chi connectivity index (χ1n) is 6.80. The second-order valence-corrected chi connectivity index (χ2v) is 6.18. The predicted molar refractivity (Wildman–Crippen MR) is 76.1 cm³/mol. The van der Waals surface area contributed by atoms with Crippen molar-refractivity contribution in [2.75, 3.05) is 5.32 Å². The lowest BCUT2D eigenvalue weighted by Gasteiger charge is -2.29.